The van der Waals surface area contributed by atoms with E-state index in [4.69, 9.17) is 4.74 Å². The van der Waals surface area contributed by atoms with Crippen LogP contribution in [0.15, 0.2) is 23.3 Å². The molecule has 2 fully saturated rings. The van der Waals surface area contributed by atoms with E-state index in [1.54, 1.807) is 7.05 Å². The van der Waals surface area contributed by atoms with Gasteiger partial charge in [-0.2, -0.15) is 0 Å². The van der Waals surface area contributed by atoms with Gasteiger partial charge in [0, 0.05) is 46.0 Å². The first-order valence-corrected chi connectivity index (χ1v) is 8.97. The summed E-state index contributed by atoms with van der Waals surface area (Å²) in [5.74, 6) is 1.90. The fraction of sp³-hybridized carbons (Fsp3) is 0.667. The minimum Gasteiger partial charge on any atom is -0.373 e. The summed E-state index contributed by atoms with van der Waals surface area (Å²) in [6.07, 6.45) is 6.67. The summed E-state index contributed by atoms with van der Waals surface area (Å²) in [7, 11) is 1.80. The van der Waals surface area contributed by atoms with Crippen LogP contribution in [0, 0.1) is 0 Å². The van der Waals surface area contributed by atoms with Gasteiger partial charge in [0.2, 0.25) is 0 Å². The average molecular weight is 459 g/mol. The smallest absolute Gasteiger partial charge is 0.191 e. The first kappa shape index (κ1) is 20.2. The van der Waals surface area contributed by atoms with Gasteiger partial charge in [0.1, 0.15) is 5.82 Å². The number of rotatable bonds is 5. The van der Waals surface area contributed by atoms with E-state index in [-0.39, 0.29) is 29.6 Å². The number of anilines is 1. The van der Waals surface area contributed by atoms with Crippen molar-refractivity contribution < 1.29 is 4.74 Å². The summed E-state index contributed by atoms with van der Waals surface area (Å²) in [4.78, 5) is 11.2. The zero-order chi connectivity index (χ0) is 16.8. The first-order valence-electron chi connectivity index (χ1n) is 8.97. The van der Waals surface area contributed by atoms with Crippen molar-refractivity contribution in [3.63, 3.8) is 0 Å². The third-order valence-electron chi connectivity index (χ3n) is 4.85. The lowest BCUT2D eigenvalue weighted by Crippen LogP contribution is -2.45. The number of pyridine rings is 1. The Bertz CT molecular complexity index is 568. The molecule has 0 spiro atoms. The Hall–Kier alpha value is -1.09. The fourth-order valence-corrected chi connectivity index (χ4v) is 3.34. The second-order valence-electron chi connectivity index (χ2n) is 6.90. The number of ether oxygens (including phenoxy) is 1. The van der Waals surface area contributed by atoms with Crippen LogP contribution < -0.4 is 15.5 Å². The Balaban J connectivity index is 0.00000225. The standard InChI is InChI=1S/C18H29N5O.HI/c1-18(7-5-11-24-18)14-22-17(19-2)21-13-15-6-8-20-16(12-15)23-9-3-4-10-23;/h6,8,12H,3-5,7,9-11,13-14H2,1-2H3,(H2,19,21,22);1H. The van der Waals surface area contributed by atoms with Crippen LogP contribution in [-0.2, 0) is 11.3 Å². The molecule has 2 aliphatic rings. The second-order valence-corrected chi connectivity index (χ2v) is 6.90. The van der Waals surface area contributed by atoms with Crippen LogP contribution in [0.1, 0.15) is 38.2 Å². The van der Waals surface area contributed by atoms with E-state index in [0.717, 1.165) is 57.4 Å². The Kier molecular flexibility index (Phi) is 7.74. The molecule has 25 heavy (non-hydrogen) atoms. The molecule has 1 aromatic rings. The Morgan fingerprint density at radius 3 is 2.80 bits per heavy atom. The van der Waals surface area contributed by atoms with E-state index < -0.39 is 0 Å². The molecule has 1 atom stereocenters. The SMILES string of the molecule is CN=C(NCc1ccnc(N2CCCC2)c1)NCC1(C)CCCO1.I. The van der Waals surface area contributed by atoms with Gasteiger partial charge in [-0.3, -0.25) is 4.99 Å². The predicted octanol–water partition coefficient (Wildman–Crippen LogP) is 2.53. The molecule has 7 heteroatoms. The largest absolute Gasteiger partial charge is 0.373 e. The molecule has 0 bridgehead atoms. The lowest BCUT2D eigenvalue weighted by molar-refractivity contribution is 0.0243. The van der Waals surface area contributed by atoms with E-state index in [0.29, 0.717) is 0 Å². The summed E-state index contributed by atoms with van der Waals surface area (Å²) >= 11 is 0. The number of nitrogens with zero attached hydrogens (tertiary/aromatic N) is 3. The van der Waals surface area contributed by atoms with Crippen LogP contribution in [0.2, 0.25) is 0 Å². The molecule has 1 aromatic heterocycles. The van der Waals surface area contributed by atoms with Crippen LogP contribution in [0.4, 0.5) is 5.82 Å². The van der Waals surface area contributed by atoms with Gasteiger partial charge in [0.05, 0.1) is 5.60 Å². The lowest BCUT2D eigenvalue weighted by Gasteiger charge is -2.24. The second kappa shape index (κ2) is 9.56. The third kappa shape index (κ3) is 5.70. The van der Waals surface area contributed by atoms with Crippen LogP contribution in [0.25, 0.3) is 0 Å². The zero-order valence-electron chi connectivity index (χ0n) is 15.3. The number of halogens is 1. The Labute approximate surface area is 167 Å². The molecule has 0 amide bonds. The Morgan fingerprint density at radius 1 is 1.32 bits per heavy atom. The highest BCUT2D eigenvalue weighted by Crippen LogP contribution is 2.23. The molecule has 1 unspecified atom stereocenters. The molecular weight excluding hydrogens is 429 g/mol. The van der Waals surface area contributed by atoms with Crippen molar-refractivity contribution in [1.29, 1.82) is 0 Å². The van der Waals surface area contributed by atoms with Gasteiger partial charge >= 0.3 is 0 Å². The van der Waals surface area contributed by atoms with E-state index in [9.17, 15) is 0 Å². The molecule has 0 aromatic carbocycles. The summed E-state index contributed by atoms with van der Waals surface area (Å²) < 4.78 is 5.81. The zero-order valence-corrected chi connectivity index (χ0v) is 17.6. The average Bonchev–Trinajstić information content (AvgIpc) is 3.27. The number of nitrogens with one attached hydrogen (secondary N) is 2. The number of hydrogen-bond acceptors (Lipinski definition) is 4. The maximum atomic E-state index is 5.81. The van der Waals surface area contributed by atoms with Crippen LogP contribution >= 0.6 is 24.0 Å². The maximum absolute atomic E-state index is 5.81. The van der Waals surface area contributed by atoms with Crippen molar-refractivity contribution >= 4 is 35.8 Å². The molecule has 3 rings (SSSR count). The van der Waals surface area contributed by atoms with E-state index in [1.807, 2.05) is 6.20 Å². The first-order chi connectivity index (χ1) is 11.7. The van der Waals surface area contributed by atoms with Crippen molar-refractivity contribution in [3.8, 4) is 0 Å². The highest BCUT2D eigenvalue weighted by atomic mass is 127. The summed E-state index contributed by atoms with van der Waals surface area (Å²) in [5, 5.41) is 6.76. The molecular formula is C18H30IN5O. The number of guanidine groups is 1. The molecule has 2 N–H and O–H groups in total. The summed E-state index contributed by atoms with van der Waals surface area (Å²) in [5.41, 5.74) is 1.15. The minimum absolute atomic E-state index is 0. The normalized spacial score (nSPS) is 23.4. The quantitative estimate of drug-likeness (QED) is 0.403. The Morgan fingerprint density at radius 2 is 2.12 bits per heavy atom. The van der Waals surface area contributed by atoms with Gasteiger partial charge in [-0.25, -0.2) is 4.98 Å². The third-order valence-corrected chi connectivity index (χ3v) is 4.85. The van der Waals surface area contributed by atoms with Crippen molar-refractivity contribution in [3.05, 3.63) is 23.9 Å². The highest BCUT2D eigenvalue weighted by Gasteiger charge is 2.29. The maximum Gasteiger partial charge on any atom is 0.191 e. The minimum atomic E-state index is -0.0722. The molecule has 2 aliphatic heterocycles. The number of aromatic nitrogens is 1. The van der Waals surface area contributed by atoms with Crippen molar-refractivity contribution in [2.75, 3.05) is 38.2 Å². The molecule has 3 heterocycles. The molecule has 2 saturated heterocycles. The van der Waals surface area contributed by atoms with Crippen LogP contribution in [0.3, 0.4) is 0 Å². The number of hydrogen-bond donors (Lipinski definition) is 2. The van der Waals surface area contributed by atoms with Crippen molar-refractivity contribution in [1.82, 2.24) is 15.6 Å². The summed E-state index contributed by atoms with van der Waals surface area (Å²) in [6.45, 7) is 6.77. The fourth-order valence-electron chi connectivity index (χ4n) is 3.34. The molecule has 0 aliphatic carbocycles. The topological polar surface area (TPSA) is 61.8 Å². The molecule has 0 saturated carbocycles. The molecule has 0 radical (unpaired) electrons. The summed E-state index contributed by atoms with van der Waals surface area (Å²) in [6, 6.07) is 4.23. The van der Waals surface area contributed by atoms with Gasteiger partial charge in [-0.05, 0) is 50.3 Å². The number of aliphatic imine (C=N–C) groups is 1. The van der Waals surface area contributed by atoms with E-state index in [2.05, 4.69) is 44.6 Å². The highest BCUT2D eigenvalue weighted by molar-refractivity contribution is 14.0. The predicted molar refractivity (Wildman–Crippen MR) is 113 cm³/mol. The van der Waals surface area contributed by atoms with Crippen molar-refractivity contribution in [2.45, 2.75) is 44.8 Å². The monoisotopic (exact) mass is 459 g/mol. The molecule has 140 valence electrons. The van der Waals surface area contributed by atoms with Crippen molar-refractivity contribution in [2.24, 2.45) is 4.99 Å². The van der Waals surface area contributed by atoms with Gasteiger partial charge in [-0.1, -0.05) is 0 Å². The van der Waals surface area contributed by atoms with Crippen LogP contribution in [0.5, 0.6) is 0 Å². The lowest BCUT2D eigenvalue weighted by atomic mass is 10.0. The van der Waals surface area contributed by atoms with Gasteiger partial charge in [0.15, 0.2) is 5.96 Å². The van der Waals surface area contributed by atoms with E-state index in [1.165, 1.54) is 18.4 Å². The van der Waals surface area contributed by atoms with E-state index >= 15 is 0 Å². The van der Waals surface area contributed by atoms with Crippen LogP contribution in [-0.4, -0.2) is 49.8 Å². The van der Waals surface area contributed by atoms with Gasteiger partial charge in [-0.15, -0.1) is 24.0 Å². The van der Waals surface area contributed by atoms with Gasteiger partial charge in [0.25, 0.3) is 0 Å². The van der Waals surface area contributed by atoms with Gasteiger partial charge < -0.3 is 20.3 Å². The molecule has 6 nitrogen and oxygen atoms in total.